The Morgan fingerprint density at radius 2 is 1.57 bits per heavy atom. The van der Waals surface area contributed by atoms with Gasteiger partial charge < -0.3 is 35.4 Å². The number of aliphatic hydroxyl groups excluding tert-OH is 1. The van der Waals surface area contributed by atoms with Crippen LogP contribution in [-0.2, 0) is 44.9 Å². The standard InChI is InChI=1S/C43H55F2N7O9/c1-26(2)38(48-33(54)14-10-15-37(58)61-52-34(55)18-19-35(52)56)42(60)50(27(3)40(46)59)20-11-21-51(36(57)25-53)39(43(4,5)6)41-47-32(30-22-29(44)16-17-31(30)45)24-49(41)23-28-12-8-7-9-13-28/h7-9,12-13,16-17,22,24,26-27,38-39,53H,10-11,14-15,18-21,23,25H2,1-6H3,(H2,46,59)(H,48,54)/t27-,38-,39-/m0/s1. The molecule has 6 amide bonds. The number of imidazole rings is 1. The summed E-state index contributed by atoms with van der Waals surface area (Å²) in [5.41, 5.74) is 5.81. The van der Waals surface area contributed by atoms with Crippen molar-refractivity contribution in [2.75, 3.05) is 19.7 Å². The number of halogens is 2. The summed E-state index contributed by atoms with van der Waals surface area (Å²) in [6.07, 6.45) is 1.00. The lowest BCUT2D eigenvalue weighted by molar-refractivity contribution is -0.197. The Hall–Kier alpha value is -6.04. The third-order valence-electron chi connectivity index (χ3n) is 10.2. The van der Waals surface area contributed by atoms with Crippen LogP contribution in [-0.4, -0.2) is 103 Å². The maximum atomic E-state index is 15.1. The van der Waals surface area contributed by atoms with E-state index in [1.54, 1.807) is 24.6 Å². The molecule has 4 rings (SSSR count). The Kier molecular flexibility index (Phi) is 16.4. The number of aliphatic hydroxyl groups is 1. The van der Waals surface area contributed by atoms with Crippen LogP contribution in [0, 0.1) is 23.0 Å². The Morgan fingerprint density at radius 1 is 0.934 bits per heavy atom. The van der Waals surface area contributed by atoms with E-state index >= 15 is 4.39 Å². The molecule has 0 aliphatic carbocycles. The SMILES string of the molecule is CC(C)[C@H](NC(=O)CCCC(=O)ON1C(=O)CCC1=O)C(=O)N(CCCN(C(=O)CO)[C@@H](c1nc(-c2cc(F)ccc2F)cn1Cc1ccccc1)C(C)(C)C)[C@@H](C)C(N)=O. The lowest BCUT2D eigenvalue weighted by atomic mass is 9.84. The van der Waals surface area contributed by atoms with Crippen LogP contribution in [0.4, 0.5) is 8.78 Å². The molecule has 1 aliphatic rings. The summed E-state index contributed by atoms with van der Waals surface area (Å²) >= 11 is 0. The Balaban J connectivity index is 1.57. The van der Waals surface area contributed by atoms with Crippen LogP contribution < -0.4 is 11.1 Å². The zero-order chi connectivity index (χ0) is 45.2. The van der Waals surface area contributed by atoms with Crippen molar-refractivity contribution in [3.63, 3.8) is 0 Å². The van der Waals surface area contributed by atoms with Crippen molar-refractivity contribution in [1.82, 2.24) is 29.7 Å². The zero-order valence-electron chi connectivity index (χ0n) is 35.4. The number of aromatic nitrogens is 2. The summed E-state index contributed by atoms with van der Waals surface area (Å²) in [4.78, 5) is 101. The first-order chi connectivity index (χ1) is 28.7. The minimum atomic E-state index is -1.15. The lowest BCUT2D eigenvalue weighted by Crippen LogP contribution is -2.56. The maximum Gasteiger partial charge on any atom is 0.333 e. The van der Waals surface area contributed by atoms with Crippen molar-refractivity contribution in [2.45, 2.75) is 105 Å². The van der Waals surface area contributed by atoms with E-state index in [0.717, 1.165) is 23.8 Å². The number of carbonyl (C=O) groups is 7. The Labute approximate surface area is 353 Å². The molecule has 61 heavy (non-hydrogen) atoms. The highest BCUT2D eigenvalue weighted by atomic mass is 19.1. The summed E-state index contributed by atoms with van der Waals surface area (Å²) in [7, 11) is 0. The molecule has 1 saturated heterocycles. The molecule has 3 aromatic rings. The summed E-state index contributed by atoms with van der Waals surface area (Å²) < 4.78 is 31.3. The molecule has 0 radical (unpaired) electrons. The van der Waals surface area contributed by atoms with Crippen LogP contribution in [0.25, 0.3) is 11.3 Å². The number of hydrogen-bond donors (Lipinski definition) is 3. The summed E-state index contributed by atoms with van der Waals surface area (Å²) in [5.74, 6) is -6.39. The van der Waals surface area contributed by atoms with Crippen LogP contribution in [0.3, 0.4) is 0 Å². The molecule has 0 spiro atoms. The molecule has 1 aliphatic heterocycles. The second kappa shape index (κ2) is 21.0. The first kappa shape index (κ1) is 47.6. The van der Waals surface area contributed by atoms with E-state index in [2.05, 4.69) is 5.32 Å². The number of rotatable bonds is 20. The van der Waals surface area contributed by atoms with Crippen LogP contribution in [0.5, 0.6) is 0 Å². The largest absolute Gasteiger partial charge is 0.387 e. The summed E-state index contributed by atoms with van der Waals surface area (Å²) in [6.45, 7) is 9.57. The van der Waals surface area contributed by atoms with E-state index in [1.807, 2.05) is 51.1 Å². The topological polar surface area (TPSA) is 215 Å². The normalized spacial score (nSPS) is 14.4. The second-order valence-electron chi connectivity index (χ2n) is 16.4. The van der Waals surface area contributed by atoms with Gasteiger partial charge in [-0.25, -0.2) is 18.6 Å². The molecule has 3 atom stereocenters. The van der Waals surface area contributed by atoms with Crippen molar-refractivity contribution in [2.24, 2.45) is 17.1 Å². The third-order valence-corrected chi connectivity index (χ3v) is 10.2. The number of amides is 6. The molecule has 0 saturated carbocycles. The molecule has 0 bridgehead atoms. The number of primary amides is 1. The maximum absolute atomic E-state index is 15.1. The lowest BCUT2D eigenvalue weighted by Gasteiger charge is -2.40. The summed E-state index contributed by atoms with van der Waals surface area (Å²) in [6, 6.07) is 9.21. The predicted octanol–water partition coefficient (Wildman–Crippen LogP) is 3.80. The highest BCUT2D eigenvalue weighted by molar-refractivity contribution is 6.01. The van der Waals surface area contributed by atoms with Gasteiger partial charge in [-0.05, 0) is 54.9 Å². The van der Waals surface area contributed by atoms with E-state index in [9.17, 15) is 43.1 Å². The van der Waals surface area contributed by atoms with E-state index in [1.165, 1.54) is 16.7 Å². The molecular formula is C43H55F2N7O9. The minimum absolute atomic E-state index is 0.0206. The second-order valence-corrected chi connectivity index (χ2v) is 16.4. The van der Waals surface area contributed by atoms with Gasteiger partial charge in [0.15, 0.2) is 0 Å². The number of hydrogen-bond acceptors (Lipinski definition) is 10. The van der Waals surface area contributed by atoms with Crippen molar-refractivity contribution in [1.29, 1.82) is 0 Å². The van der Waals surface area contributed by atoms with Gasteiger partial charge in [0.2, 0.25) is 23.6 Å². The quantitative estimate of drug-likeness (QED) is 0.140. The van der Waals surface area contributed by atoms with Crippen LogP contribution in [0.15, 0.2) is 54.7 Å². The van der Waals surface area contributed by atoms with Crippen molar-refractivity contribution in [3.05, 3.63) is 77.8 Å². The minimum Gasteiger partial charge on any atom is -0.387 e. The molecule has 2 heterocycles. The fraction of sp³-hybridized carbons (Fsp3) is 0.488. The average Bonchev–Trinajstić information content (AvgIpc) is 3.75. The van der Waals surface area contributed by atoms with E-state index < -0.39 is 89.1 Å². The van der Waals surface area contributed by atoms with Crippen molar-refractivity contribution < 1.29 is 52.3 Å². The van der Waals surface area contributed by atoms with Gasteiger partial charge >= 0.3 is 5.97 Å². The molecule has 2 aromatic carbocycles. The van der Waals surface area contributed by atoms with Gasteiger partial charge in [0.1, 0.15) is 36.1 Å². The molecule has 18 heteroatoms. The smallest absolute Gasteiger partial charge is 0.333 e. The van der Waals surface area contributed by atoms with Gasteiger partial charge in [0.25, 0.3) is 11.8 Å². The first-order valence-corrected chi connectivity index (χ1v) is 20.2. The Bertz CT molecular complexity index is 2070. The van der Waals surface area contributed by atoms with Gasteiger partial charge in [0, 0.05) is 57.1 Å². The van der Waals surface area contributed by atoms with Gasteiger partial charge in [-0.1, -0.05) is 65.0 Å². The fourth-order valence-corrected chi connectivity index (χ4v) is 7.06. The average molecular weight is 852 g/mol. The monoisotopic (exact) mass is 851 g/mol. The van der Waals surface area contributed by atoms with Gasteiger partial charge in [-0.3, -0.25) is 28.8 Å². The number of nitrogens with one attached hydrogen (secondary N) is 1. The number of carbonyl (C=O) groups excluding carboxylic acids is 7. The Morgan fingerprint density at radius 3 is 2.16 bits per heavy atom. The molecular weight excluding hydrogens is 797 g/mol. The van der Waals surface area contributed by atoms with Gasteiger partial charge in [0.05, 0.1) is 11.7 Å². The van der Waals surface area contributed by atoms with E-state index in [0.29, 0.717) is 10.9 Å². The van der Waals surface area contributed by atoms with Crippen molar-refractivity contribution in [3.8, 4) is 11.3 Å². The highest BCUT2D eigenvalue weighted by Crippen LogP contribution is 2.39. The molecule has 0 unspecified atom stereocenters. The molecule has 1 aromatic heterocycles. The number of nitrogens with two attached hydrogens (primary N) is 1. The molecule has 4 N–H and O–H groups in total. The number of hydroxylamine groups is 2. The molecule has 16 nitrogen and oxygen atoms in total. The number of nitrogens with zero attached hydrogens (tertiary/aromatic N) is 5. The molecule has 330 valence electrons. The van der Waals surface area contributed by atoms with Crippen LogP contribution >= 0.6 is 0 Å². The fourth-order valence-electron chi connectivity index (χ4n) is 7.06. The van der Waals surface area contributed by atoms with Crippen LogP contribution in [0.2, 0.25) is 0 Å². The summed E-state index contributed by atoms with van der Waals surface area (Å²) in [5, 5.41) is 13.3. The van der Waals surface area contributed by atoms with Gasteiger partial charge in [-0.15, -0.1) is 5.06 Å². The van der Waals surface area contributed by atoms with E-state index in [-0.39, 0.29) is 69.4 Å². The molecule has 1 fully saturated rings. The van der Waals surface area contributed by atoms with Gasteiger partial charge in [-0.2, -0.15) is 0 Å². The van der Waals surface area contributed by atoms with E-state index in [4.69, 9.17) is 15.6 Å². The predicted molar refractivity (Wildman–Crippen MR) is 217 cm³/mol. The van der Waals surface area contributed by atoms with Crippen LogP contribution in [0.1, 0.15) is 97.5 Å². The zero-order valence-corrected chi connectivity index (χ0v) is 35.4. The number of imide groups is 1. The van der Waals surface area contributed by atoms with Crippen molar-refractivity contribution >= 4 is 41.4 Å². The highest BCUT2D eigenvalue weighted by Gasteiger charge is 2.39. The number of benzene rings is 2. The third kappa shape index (κ3) is 12.5. The first-order valence-electron chi connectivity index (χ1n) is 20.2.